The lowest BCUT2D eigenvalue weighted by Gasteiger charge is -2.35. The molecule has 6 rings (SSSR count). The number of piperazine rings is 1. The fourth-order valence-corrected chi connectivity index (χ4v) is 5.24. The minimum Gasteiger partial charge on any atom is -0.377 e. The molecule has 2 N–H and O–H groups in total. The zero-order valence-electron chi connectivity index (χ0n) is 20.6. The van der Waals surface area contributed by atoms with Crippen LogP contribution in [0.2, 0.25) is 0 Å². The highest BCUT2D eigenvalue weighted by Crippen LogP contribution is 2.39. The highest BCUT2D eigenvalue weighted by atomic mass is 19.1. The number of pyridine rings is 2. The molecular weight excluding hydrogens is 457 g/mol. The summed E-state index contributed by atoms with van der Waals surface area (Å²) in [6.07, 6.45) is 3.53. The first-order valence-electron chi connectivity index (χ1n) is 12.5. The van der Waals surface area contributed by atoms with Crippen LogP contribution in [0, 0.1) is 12.7 Å². The molecule has 36 heavy (non-hydrogen) atoms. The number of anilines is 2. The molecule has 2 aliphatic heterocycles. The minimum absolute atomic E-state index is 0.157. The Labute approximate surface area is 209 Å². The Morgan fingerprint density at radius 3 is 2.69 bits per heavy atom. The Hall–Kier alpha value is -3.56. The summed E-state index contributed by atoms with van der Waals surface area (Å²) in [5.41, 5.74) is 5.45. The van der Waals surface area contributed by atoms with Gasteiger partial charge in [-0.3, -0.25) is 10.1 Å². The number of ether oxygens (including phenoxy) is 1. The van der Waals surface area contributed by atoms with Crippen LogP contribution in [0.4, 0.5) is 15.9 Å². The number of benzene rings is 1. The van der Waals surface area contributed by atoms with E-state index < -0.39 is 0 Å². The van der Waals surface area contributed by atoms with Gasteiger partial charge in [-0.1, -0.05) is 0 Å². The molecule has 1 aromatic carbocycles. The molecule has 0 bridgehead atoms. The largest absolute Gasteiger partial charge is 0.377 e. The van der Waals surface area contributed by atoms with E-state index in [1.54, 1.807) is 12.3 Å². The first-order valence-corrected chi connectivity index (χ1v) is 12.5. The lowest BCUT2D eigenvalue weighted by molar-refractivity contribution is 0.0986. The molecule has 0 saturated carbocycles. The summed E-state index contributed by atoms with van der Waals surface area (Å²) in [5, 5.41) is 11.4. The van der Waals surface area contributed by atoms with E-state index in [9.17, 15) is 0 Å². The van der Waals surface area contributed by atoms with Crippen molar-refractivity contribution in [2.45, 2.75) is 19.9 Å². The van der Waals surface area contributed by atoms with Crippen molar-refractivity contribution in [3.63, 3.8) is 0 Å². The lowest BCUT2D eigenvalue weighted by Crippen LogP contribution is -2.44. The summed E-state index contributed by atoms with van der Waals surface area (Å²) < 4.78 is 21.5. The third-order valence-electron chi connectivity index (χ3n) is 7.15. The maximum Gasteiger partial charge on any atom is 0.133 e. The molecule has 0 unspecified atom stereocenters. The molecule has 0 aliphatic carbocycles. The zero-order valence-corrected chi connectivity index (χ0v) is 20.6. The number of nitrogens with one attached hydrogen (secondary N) is 2. The van der Waals surface area contributed by atoms with Crippen LogP contribution in [0.25, 0.3) is 33.4 Å². The van der Waals surface area contributed by atoms with Crippen LogP contribution in [0.1, 0.15) is 12.5 Å². The van der Waals surface area contributed by atoms with Gasteiger partial charge in [0, 0.05) is 61.8 Å². The molecular formula is C27H30FN7O. The molecule has 5 heterocycles. The Balaban J connectivity index is 1.56. The molecule has 0 amide bonds. The zero-order chi connectivity index (χ0) is 24.6. The Bertz CT molecular complexity index is 1380. The first kappa shape index (κ1) is 22.9. The maximum atomic E-state index is 15.8. The van der Waals surface area contributed by atoms with Crippen LogP contribution >= 0.6 is 0 Å². The molecule has 0 spiro atoms. The Morgan fingerprint density at radius 2 is 1.94 bits per heavy atom. The SMILES string of the molecule is Cc1cnc(-c2ccn[nH]2)c2nc(N3CCOC[C@H]3C)cc(-c3ccc(N4CCNCC4)cc3F)c12. The van der Waals surface area contributed by atoms with E-state index in [-0.39, 0.29) is 11.9 Å². The van der Waals surface area contributed by atoms with Crippen LogP contribution < -0.4 is 15.1 Å². The highest BCUT2D eigenvalue weighted by molar-refractivity contribution is 6.03. The van der Waals surface area contributed by atoms with Crippen molar-refractivity contribution in [2.75, 3.05) is 55.7 Å². The van der Waals surface area contributed by atoms with Gasteiger partial charge in [0.05, 0.1) is 24.9 Å². The predicted molar refractivity (Wildman–Crippen MR) is 140 cm³/mol. The summed E-state index contributed by atoms with van der Waals surface area (Å²) in [5.74, 6) is 0.561. The van der Waals surface area contributed by atoms with Gasteiger partial charge < -0.3 is 19.9 Å². The van der Waals surface area contributed by atoms with Crippen molar-refractivity contribution in [3.8, 4) is 22.5 Å². The topological polar surface area (TPSA) is 82.2 Å². The third kappa shape index (κ3) is 4.08. The van der Waals surface area contributed by atoms with E-state index >= 15 is 4.39 Å². The van der Waals surface area contributed by atoms with E-state index in [2.05, 4.69) is 32.2 Å². The van der Waals surface area contributed by atoms with Crippen molar-refractivity contribution < 1.29 is 9.13 Å². The standard InChI is InChI=1S/C27H30FN7O/c1-17-15-30-26(23-5-6-31-33-23)27-25(17)21(14-24(32-27)35-11-12-36-16-18(35)2)20-4-3-19(13-22(20)28)34-9-7-29-8-10-34/h3-6,13-15,18,29H,7-12,16H2,1-2H3,(H,31,33)/t18-/m1/s1. The number of nitrogens with zero attached hydrogens (tertiary/aromatic N) is 5. The van der Waals surface area contributed by atoms with Crippen LogP contribution in [-0.2, 0) is 4.74 Å². The van der Waals surface area contributed by atoms with E-state index in [1.807, 2.05) is 37.4 Å². The highest BCUT2D eigenvalue weighted by Gasteiger charge is 2.25. The van der Waals surface area contributed by atoms with Gasteiger partial charge in [-0.25, -0.2) is 9.37 Å². The van der Waals surface area contributed by atoms with E-state index in [1.165, 1.54) is 0 Å². The van der Waals surface area contributed by atoms with Crippen LogP contribution in [0.3, 0.4) is 0 Å². The van der Waals surface area contributed by atoms with E-state index in [0.717, 1.165) is 72.0 Å². The summed E-state index contributed by atoms with van der Waals surface area (Å²) in [4.78, 5) is 14.3. The fraction of sp³-hybridized carbons (Fsp3) is 0.370. The number of aromatic amines is 1. The summed E-state index contributed by atoms with van der Waals surface area (Å²) >= 11 is 0. The second kappa shape index (κ2) is 9.48. The van der Waals surface area contributed by atoms with Crippen molar-refractivity contribution in [2.24, 2.45) is 0 Å². The summed E-state index contributed by atoms with van der Waals surface area (Å²) in [6.45, 7) is 9.66. The molecule has 9 heteroatoms. The molecule has 3 aromatic heterocycles. The van der Waals surface area contributed by atoms with Gasteiger partial charge in [0.2, 0.25) is 0 Å². The van der Waals surface area contributed by atoms with Crippen LogP contribution in [-0.4, -0.2) is 72.1 Å². The number of rotatable bonds is 4. The summed E-state index contributed by atoms with van der Waals surface area (Å²) in [7, 11) is 0. The van der Waals surface area contributed by atoms with E-state index in [4.69, 9.17) is 14.7 Å². The average Bonchev–Trinajstić information content (AvgIpc) is 3.44. The van der Waals surface area contributed by atoms with Gasteiger partial charge in [-0.15, -0.1) is 0 Å². The molecule has 4 aromatic rings. The molecule has 2 aliphatic rings. The van der Waals surface area contributed by atoms with Gasteiger partial charge in [0.1, 0.15) is 22.8 Å². The second-order valence-electron chi connectivity index (χ2n) is 9.53. The molecule has 8 nitrogen and oxygen atoms in total. The number of H-pyrrole nitrogens is 1. The Kier molecular flexibility index (Phi) is 6.02. The predicted octanol–water partition coefficient (Wildman–Crippen LogP) is 3.77. The van der Waals surface area contributed by atoms with Crippen LogP contribution in [0.15, 0.2) is 42.7 Å². The van der Waals surface area contributed by atoms with Gasteiger partial charge in [-0.05, 0) is 55.3 Å². The number of morpholine rings is 1. The molecule has 2 fully saturated rings. The number of aromatic nitrogens is 4. The number of hydrogen-bond acceptors (Lipinski definition) is 7. The smallest absolute Gasteiger partial charge is 0.133 e. The number of hydrogen-bond donors (Lipinski definition) is 2. The fourth-order valence-electron chi connectivity index (χ4n) is 5.24. The third-order valence-corrected chi connectivity index (χ3v) is 7.15. The van der Waals surface area contributed by atoms with Crippen molar-refractivity contribution in [3.05, 3.63) is 54.1 Å². The number of halogens is 1. The van der Waals surface area contributed by atoms with Crippen molar-refractivity contribution in [1.29, 1.82) is 0 Å². The lowest BCUT2D eigenvalue weighted by atomic mass is 9.96. The summed E-state index contributed by atoms with van der Waals surface area (Å²) in [6, 6.07) is 9.66. The van der Waals surface area contributed by atoms with Gasteiger partial charge >= 0.3 is 0 Å². The van der Waals surface area contributed by atoms with Crippen LogP contribution in [0.5, 0.6) is 0 Å². The Morgan fingerprint density at radius 1 is 1.08 bits per heavy atom. The monoisotopic (exact) mass is 487 g/mol. The number of aryl methyl sites for hydroxylation is 1. The van der Waals surface area contributed by atoms with Crippen molar-refractivity contribution >= 4 is 22.4 Å². The molecule has 0 radical (unpaired) electrons. The maximum absolute atomic E-state index is 15.8. The molecule has 186 valence electrons. The van der Waals surface area contributed by atoms with Gasteiger partial charge in [0.25, 0.3) is 0 Å². The first-order chi connectivity index (χ1) is 17.6. The average molecular weight is 488 g/mol. The second-order valence-corrected chi connectivity index (χ2v) is 9.53. The van der Waals surface area contributed by atoms with Gasteiger partial charge in [-0.2, -0.15) is 5.10 Å². The molecule has 2 saturated heterocycles. The molecule has 1 atom stereocenters. The normalized spacial score (nSPS) is 18.7. The van der Waals surface area contributed by atoms with Crippen molar-refractivity contribution in [1.82, 2.24) is 25.5 Å². The van der Waals surface area contributed by atoms with E-state index in [0.29, 0.717) is 24.5 Å². The number of fused-ring (bicyclic) bond motifs is 1. The van der Waals surface area contributed by atoms with Gasteiger partial charge in [0.15, 0.2) is 0 Å². The quantitative estimate of drug-likeness (QED) is 0.454. The minimum atomic E-state index is -0.237.